The third-order valence-electron chi connectivity index (χ3n) is 7.09. The number of methoxy groups -OCH3 is 5. The summed E-state index contributed by atoms with van der Waals surface area (Å²) in [7, 11) is 8.20. The molecule has 0 spiro atoms. The van der Waals surface area contributed by atoms with Crippen molar-refractivity contribution < 1.29 is 33.2 Å². The topological polar surface area (TPSA) is 82.8 Å². The fourth-order valence-corrected chi connectivity index (χ4v) is 4.88. The van der Waals surface area contributed by atoms with Crippen molar-refractivity contribution in [1.29, 1.82) is 0 Å². The van der Waals surface area contributed by atoms with Gasteiger partial charge in [0, 0.05) is 26.8 Å². The first-order valence-corrected chi connectivity index (χ1v) is 13.5. The Morgan fingerprint density at radius 3 is 1.83 bits per heavy atom. The molecule has 0 saturated heterocycles. The fourth-order valence-electron chi connectivity index (χ4n) is 4.88. The number of rotatable bonds is 15. The lowest BCUT2D eigenvalue weighted by molar-refractivity contribution is 0.0946. The summed E-state index contributed by atoms with van der Waals surface area (Å²) in [5.74, 6) is 3.94. The van der Waals surface area contributed by atoms with Gasteiger partial charge in [0.25, 0.3) is 0 Å². The third-order valence-corrected chi connectivity index (χ3v) is 7.09. The standard InChI is InChI=1S/C33H39NO7/c1-36-20-6-19-34(22-24-7-17-30(39-4)31(21-24)40-5)23-29-16-18-32(41-29)33(35,25-8-12-27(37-2)13-9-25)26-10-14-28(38-3)15-11-26/h7-18,21,35H,6,19-20,22-23H2,1-5H3. The second kappa shape index (κ2) is 14.1. The summed E-state index contributed by atoms with van der Waals surface area (Å²) in [4.78, 5) is 2.28. The number of nitrogens with zero attached hydrogens (tertiary/aromatic N) is 1. The molecule has 1 N–H and O–H groups in total. The van der Waals surface area contributed by atoms with Gasteiger partial charge in [-0.05, 0) is 71.6 Å². The third kappa shape index (κ3) is 7.03. The van der Waals surface area contributed by atoms with E-state index in [0.29, 0.717) is 59.6 Å². The van der Waals surface area contributed by atoms with Gasteiger partial charge in [-0.3, -0.25) is 4.90 Å². The Kier molecular flexibility index (Phi) is 10.3. The molecular weight excluding hydrogens is 522 g/mol. The van der Waals surface area contributed by atoms with E-state index in [2.05, 4.69) is 4.90 Å². The molecule has 218 valence electrons. The van der Waals surface area contributed by atoms with E-state index in [9.17, 15) is 5.11 Å². The van der Waals surface area contributed by atoms with Gasteiger partial charge in [-0.15, -0.1) is 0 Å². The van der Waals surface area contributed by atoms with Gasteiger partial charge in [0.2, 0.25) is 0 Å². The van der Waals surface area contributed by atoms with Crippen LogP contribution in [0.4, 0.5) is 0 Å². The Morgan fingerprint density at radius 1 is 0.683 bits per heavy atom. The highest BCUT2D eigenvalue weighted by atomic mass is 16.5. The maximum absolute atomic E-state index is 12.3. The van der Waals surface area contributed by atoms with Crippen LogP contribution in [0.1, 0.15) is 34.6 Å². The van der Waals surface area contributed by atoms with Crippen molar-refractivity contribution in [2.75, 3.05) is 48.7 Å². The van der Waals surface area contributed by atoms with E-state index in [0.717, 1.165) is 24.3 Å². The summed E-state index contributed by atoms with van der Waals surface area (Å²) in [5, 5.41) is 12.3. The van der Waals surface area contributed by atoms with Crippen LogP contribution in [0, 0.1) is 0 Å². The lowest BCUT2D eigenvalue weighted by Gasteiger charge is -2.28. The maximum Gasteiger partial charge on any atom is 0.173 e. The second-order valence-electron chi connectivity index (χ2n) is 9.68. The molecule has 0 saturated carbocycles. The first-order valence-electron chi connectivity index (χ1n) is 13.5. The second-order valence-corrected chi connectivity index (χ2v) is 9.68. The predicted molar refractivity (Wildman–Crippen MR) is 157 cm³/mol. The molecule has 4 aromatic rings. The molecule has 1 heterocycles. The van der Waals surface area contributed by atoms with Crippen LogP contribution in [-0.2, 0) is 23.4 Å². The number of ether oxygens (including phenoxy) is 5. The zero-order chi connectivity index (χ0) is 29.2. The molecule has 8 heteroatoms. The molecule has 3 aromatic carbocycles. The summed E-state index contributed by atoms with van der Waals surface area (Å²) in [5.41, 5.74) is 0.874. The highest BCUT2D eigenvalue weighted by Gasteiger charge is 2.37. The average Bonchev–Trinajstić information content (AvgIpc) is 3.49. The van der Waals surface area contributed by atoms with Crippen molar-refractivity contribution in [3.63, 3.8) is 0 Å². The summed E-state index contributed by atoms with van der Waals surface area (Å²) in [6.07, 6.45) is 0.860. The van der Waals surface area contributed by atoms with Gasteiger partial charge in [0.1, 0.15) is 23.0 Å². The van der Waals surface area contributed by atoms with Gasteiger partial charge in [0.15, 0.2) is 17.1 Å². The molecular formula is C33H39NO7. The summed E-state index contributed by atoms with van der Waals surface area (Å²) >= 11 is 0. The van der Waals surface area contributed by atoms with E-state index in [-0.39, 0.29) is 0 Å². The van der Waals surface area contributed by atoms with Crippen molar-refractivity contribution in [3.05, 3.63) is 107 Å². The molecule has 0 aliphatic heterocycles. The van der Waals surface area contributed by atoms with Crippen molar-refractivity contribution in [3.8, 4) is 23.0 Å². The molecule has 8 nitrogen and oxygen atoms in total. The van der Waals surface area contributed by atoms with Gasteiger partial charge in [-0.1, -0.05) is 30.3 Å². The van der Waals surface area contributed by atoms with Gasteiger partial charge in [-0.2, -0.15) is 0 Å². The zero-order valence-electron chi connectivity index (χ0n) is 24.4. The normalized spacial score (nSPS) is 11.5. The smallest absolute Gasteiger partial charge is 0.173 e. The van der Waals surface area contributed by atoms with Crippen LogP contribution >= 0.6 is 0 Å². The van der Waals surface area contributed by atoms with E-state index in [1.54, 1.807) is 35.5 Å². The van der Waals surface area contributed by atoms with E-state index in [4.69, 9.17) is 28.1 Å². The van der Waals surface area contributed by atoms with Gasteiger partial charge in [-0.25, -0.2) is 0 Å². The lowest BCUT2D eigenvalue weighted by atomic mass is 9.84. The van der Waals surface area contributed by atoms with Crippen LogP contribution in [0.25, 0.3) is 0 Å². The minimum absolute atomic E-state index is 0.422. The lowest BCUT2D eigenvalue weighted by Crippen LogP contribution is -2.28. The fraction of sp³-hybridized carbons (Fsp3) is 0.333. The Balaban J connectivity index is 1.64. The van der Waals surface area contributed by atoms with Gasteiger partial charge >= 0.3 is 0 Å². The first kappa shape index (κ1) is 30.0. The average molecular weight is 562 g/mol. The quantitative estimate of drug-likeness (QED) is 0.187. The monoisotopic (exact) mass is 561 g/mol. The molecule has 0 atom stereocenters. The van der Waals surface area contributed by atoms with Crippen molar-refractivity contribution in [1.82, 2.24) is 4.90 Å². The minimum atomic E-state index is -1.53. The van der Waals surface area contributed by atoms with E-state index in [1.165, 1.54) is 0 Å². The number of aliphatic hydroxyl groups is 1. The Morgan fingerprint density at radius 2 is 1.29 bits per heavy atom. The van der Waals surface area contributed by atoms with Gasteiger partial charge < -0.3 is 33.2 Å². The minimum Gasteiger partial charge on any atom is -0.497 e. The van der Waals surface area contributed by atoms with E-state index >= 15 is 0 Å². The summed E-state index contributed by atoms with van der Waals surface area (Å²) in [6, 6.07) is 24.4. The molecule has 0 aliphatic carbocycles. The summed E-state index contributed by atoms with van der Waals surface area (Å²) in [6.45, 7) is 2.65. The molecule has 0 fully saturated rings. The molecule has 0 amide bonds. The highest BCUT2D eigenvalue weighted by Crippen LogP contribution is 2.39. The Hall–Kier alpha value is -3.98. The van der Waals surface area contributed by atoms with E-state index in [1.807, 2.05) is 78.9 Å². The Bertz CT molecular complexity index is 1320. The maximum atomic E-state index is 12.3. The van der Waals surface area contributed by atoms with Crippen molar-refractivity contribution >= 4 is 0 Å². The number of hydrogen-bond donors (Lipinski definition) is 1. The van der Waals surface area contributed by atoms with E-state index < -0.39 is 5.60 Å². The molecule has 0 bridgehead atoms. The molecule has 4 rings (SSSR count). The number of furan rings is 1. The predicted octanol–water partition coefficient (Wildman–Crippen LogP) is 5.64. The molecule has 0 radical (unpaired) electrons. The number of hydrogen-bond acceptors (Lipinski definition) is 8. The SMILES string of the molecule is COCCCN(Cc1ccc(OC)c(OC)c1)Cc1ccc(C(O)(c2ccc(OC)cc2)c2ccc(OC)cc2)o1. The van der Waals surface area contributed by atoms with Crippen LogP contribution in [0.2, 0.25) is 0 Å². The van der Waals surface area contributed by atoms with Crippen LogP contribution in [0.15, 0.2) is 83.3 Å². The van der Waals surface area contributed by atoms with Crippen LogP contribution < -0.4 is 18.9 Å². The first-order chi connectivity index (χ1) is 19.9. The number of benzene rings is 3. The zero-order valence-corrected chi connectivity index (χ0v) is 24.4. The summed E-state index contributed by atoms with van der Waals surface area (Å²) < 4.78 is 33.3. The van der Waals surface area contributed by atoms with Crippen LogP contribution in [0.3, 0.4) is 0 Å². The van der Waals surface area contributed by atoms with Crippen LogP contribution in [-0.4, -0.2) is 58.7 Å². The largest absolute Gasteiger partial charge is 0.497 e. The highest BCUT2D eigenvalue weighted by molar-refractivity contribution is 5.47. The molecule has 0 aliphatic rings. The Labute approximate surface area is 242 Å². The van der Waals surface area contributed by atoms with Gasteiger partial charge in [0.05, 0.1) is 35.0 Å². The van der Waals surface area contributed by atoms with Crippen molar-refractivity contribution in [2.45, 2.75) is 25.1 Å². The molecule has 0 unspecified atom stereocenters. The molecule has 41 heavy (non-hydrogen) atoms. The molecule has 1 aromatic heterocycles. The van der Waals surface area contributed by atoms with Crippen LogP contribution in [0.5, 0.6) is 23.0 Å². The van der Waals surface area contributed by atoms with Crippen molar-refractivity contribution in [2.24, 2.45) is 0 Å².